The minimum Gasteiger partial charge on any atom is -0.302 e. The molecule has 4 rings (SSSR count). The summed E-state index contributed by atoms with van der Waals surface area (Å²) in [5.41, 5.74) is 1.59. The van der Waals surface area contributed by atoms with E-state index in [-0.39, 0.29) is 0 Å². The van der Waals surface area contributed by atoms with Crippen molar-refractivity contribution >= 4 is 0 Å². The molecule has 2 saturated carbocycles. The van der Waals surface area contributed by atoms with Crippen LogP contribution in [0.5, 0.6) is 0 Å². The van der Waals surface area contributed by atoms with Crippen LogP contribution in [0.2, 0.25) is 0 Å². The first-order chi connectivity index (χ1) is 9.38. The van der Waals surface area contributed by atoms with Crippen LogP contribution in [0, 0.1) is 17.8 Å². The van der Waals surface area contributed by atoms with Crippen LogP contribution < -0.4 is 0 Å². The zero-order valence-corrected chi connectivity index (χ0v) is 11.8. The smallest absolute Gasteiger partial charge is 0.00532 e. The number of hydrogen-bond acceptors (Lipinski definition) is 1. The first-order valence-electron chi connectivity index (χ1n) is 8.16. The van der Waals surface area contributed by atoms with Gasteiger partial charge in [0.05, 0.1) is 0 Å². The Kier molecular flexibility index (Phi) is 3.11. The van der Waals surface area contributed by atoms with E-state index in [0.717, 1.165) is 23.7 Å². The van der Waals surface area contributed by atoms with Crippen LogP contribution in [0.25, 0.3) is 0 Å². The van der Waals surface area contributed by atoms with Gasteiger partial charge < -0.3 is 4.90 Å². The average Bonchev–Trinajstić information content (AvgIpc) is 3.23. The molecule has 1 nitrogen and oxygen atoms in total. The summed E-state index contributed by atoms with van der Waals surface area (Å²) in [6.45, 7) is 4.08. The zero-order chi connectivity index (χ0) is 12.7. The summed E-state index contributed by atoms with van der Waals surface area (Å²) in [6.07, 6.45) is 7.44. The largest absolute Gasteiger partial charge is 0.302 e. The summed E-state index contributed by atoms with van der Waals surface area (Å²) in [4.78, 5) is 2.79. The van der Waals surface area contributed by atoms with Crippen molar-refractivity contribution < 1.29 is 0 Å². The fourth-order valence-electron chi connectivity index (χ4n) is 4.47. The second-order valence-electron chi connectivity index (χ2n) is 7.12. The lowest BCUT2D eigenvalue weighted by atomic mass is 9.91. The Balaban J connectivity index is 1.47. The van der Waals surface area contributed by atoms with Crippen LogP contribution in [-0.2, 0) is 0 Å². The van der Waals surface area contributed by atoms with Crippen molar-refractivity contribution in [2.75, 3.05) is 19.6 Å². The minimum absolute atomic E-state index is 0.804. The summed E-state index contributed by atoms with van der Waals surface area (Å²) in [6, 6.07) is 11.3. The molecule has 3 atom stereocenters. The number of hydrogen-bond donors (Lipinski definition) is 0. The van der Waals surface area contributed by atoms with E-state index < -0.39 is 0 Å². The molecule has 3 unspecified atom stereocenters. The molecule has 0 spiro atoms. The van der Waals surface area contributed by atoms with Crippen LogP contribution in [0.3, 0.4) is 0 Å². The van der Waals surface area contributed by atoms with Gasteiger partial charge in [0, 0.05) is 19.6 Å². The van der Waals surface area contributed by atoms with Gasteiger partial charge in [0.1, 0.15) is 0 Å². The first-order valence-corrected chi connectivity index (χ1v) is 8.16. The van der Waals surface area contributed by atoms with Gasteiger partial charge in [-0.1, -0.05) is 30.3 Å². The molecule has 1 aromatic carbocycles. The molecule has 0 amide bonds. The lowest BCUT2D eigenvalue weighted by molar-refractivity contribution is 0.155. The molecular formula is C18H25N. The van der Waals surface area contributed by atoms with Gasteiger partial charge in [0.15, 0.2) is 0 Å². The molecule has 1 heteroatoms. The molecule has 19 heavy (non-hydrogen) atoms. The maximum absolute atomic E-state index is 2.79. The van der Waals surface area contributed by atoms with Crippen LogP contribution in [0.1, 0.15) is 43.6 Å². The molecule has 2 aliphatic carbocycles. The monoisotopic (exact) mass is 255 g/mol. The summed E-state index contributed by atoms with van der Waals surface area (Å²) in [7, 11) is 0. The Morgan fingerprint density at radius 2 is 1.63 bits per heavy atom. The number of nitrogens with zero attached hydrogens (tertiary/aromatic N) is 1. The van der Waals surface area contributed by atoms with Crippen molar-refractivity contribution in [2.45, 2.75) is 38.0 Å². The molecule has 1 aromatic rings. The average molecular weight is 255 g/mol. The third-order valence-electron chi connectivity index (χ3n) is 5.56. The molecule has 2 bridgehead atoms. The van der Waals surface area contributed by atoms with E-state index in [9.17, 15) is 0 Å². The molecule has 1 aliphatic heterocycles. The standard InChI is InChI=1S/C18H25N/c1-2-4-16(5-3-1)18(17-8-9-17)13-19-11-14-6-7-15(10-14)12-19/h1-5,14-15,17-18H,6-13H2. The third kappa shape index (κ3) is 2.58. The Hall–Kier alpha value is -0.820. The summed E-state index contributed by atoms with van der Waals surface area (Å²) >= 11 is 0. The molecule has 3 fully saturated rings. The molecule has 1 saturated heterocycles. The highest BCUT2D eigenvalue weighted by molar-refractivity contribution is 5.22. The highest BCUT2D eigenvalue weighted by Crippen LogP contribution is 2.44. The molecule has 102 valence electrons. The second-order valence-corrected chi connectivity index (χ2v) is 7.12. The summed E-state index contributed by atoms with van der Waals surface area (Å²) < 4.78 is 0. The highest BCUT2D eigenvalue weighted by Gasteiger charge is 2.37. The number of likely N-dealkylation sites (tertiary alicyclic amines) is 1. The first kappa shape index (κ1) is 12.0. The second kappa shape index (κ2) is 4.94. The predicted molar refractivity (Wildman–Crippen MR) is 79.2 cm³/mol. The summed E-state index contributed by atoms with van der Waals surface area (Å²) in [5.74, 6) is 3.82. The number of rotatable bonds is 4. The van der Waals surface area contributed by atoms with E-state index in [4.69, 9.17) is 0 Å². The predicted octanol–water partition coefficient (Wildman–Crippen LogP) is 3.91. The Labute approximate surface area is 117 Å². The van der Waals surface area contributed by atoms with Gasteiger partial charge in [-0.05, 0) is 61.3 Å². The van der Waals surface area contributed by atoms with Crippen molar-refractivity contribution in [1.29, 1.82) is 0 Å². The highest BCUT2D eigenvalue weighted by atomic mass is 15.1. The van der Waals surface area contributed by atoms with E-state index in [1.54, 1.807) is 5.56 Å². The third-order valence-corrected chi connectivity index (χ3v) is 5.56. The lowest BCUT2D eigenvalue weighted by Crippen LogP contribution is -2.39. The van der Waals surface area contributed by atoms with Crippen molar-refractivity contribution in [3.63, 3.8) is 0 Å². The normalized spacial score (nSPS) is 32.4. The Bertz CT molecular complexity index is 411. The van der Waals surface area contributed by atoms with Crippen molar-refractivity contribution in [3.8, 4) is 0 Å². The van der Waals surface area contributed by atoms with Crippen molar-refractivity contribution in [2.24, 2.45) is 17.8 Å². The van der Waals surface area contributed by atoms with Crippen LogP contribution in [0.4, 0.5) is 0 Å². The maximum Gasteiger partial charge on any atom is 0.00532 e. The Morgan fingerprint density at radius 1 is 0.947 bits per heavy atom. The zero-order valence-electron chi connectivity index (χ0n) is 11.8. The maximum atomic E-state index is 2.79. The number of piperidine rings is 1. The van der Waals surface area contributed by atoms with Crippen LogP contribution in [-0.4, -0.2) is 24.5 Å². The van der Waals surface area contributed by atoms with Gasteiger partial charge in [-0.15, -0.1) is 0 Å². The van der Waals surface area contributed by atoms with Gasteiger partial charge in [-0.3, -0.25) is 0 Å². The summed E-state index contributed by atoms with van der Waals surface area (Å²) in [5, 5.41) is 0. The van der Waals surface area contributed by atoms with Crippen molar-refractivity contribution in [1.82, 2.24) is 4.90 Å². The molecule has 0 aromatic heterocycles. The van der Waals surface area contributed by atoms with Crippen molar-refractivity contribution in [3.05, 3.63) is 35.9 Å². The van der Waals surface area contributed by atoms with Crippen LogP contribution in [0.15, 0.2) is 30.3 Å². The van der Waals surface area contributed by atoms with E-state index in [2.05, 4.69) is 35.2 Å². The minimum atomic E-state index is 0.804. The van der Waals surface area contributed by atoms with E-state index in [1.807, 2.05) is 0 Å². The van der Waals surface area contributed by atoms with Gasteiger partial charge in [0.2, 0.25) is 0 Å². The molecular weight excluding hydrogens is 230 g/mol. The topological polar surface area (TPSA) is 3.24 Å². The van der Waals surface area contributed by atoms with E-state index in [1.165, 1.54) is 51.7 Å². The molecule has 3 aliphatic rings. The van der Waals surface area contributed by atoms with Crippen LogP contribution >= 0.6 is 0 Å². The van der Waals surface area contributed by atoms with Gasteiger partial charge >= 0.3 is 0 Å². The van der Waals surface area contributed by atoms with Gasteiger partial charge in [0.25, 0.3) is 0 Å². The lowest BCUT2D eigenvalue weighted by Gasteiger charge is -2.34. The fraction of sp³-hybridized carbons (Fsp3) is 0.667. The molecule has 1 heterocycles. The SMILES string of the molecule is c1ccc(C(CN2CC3CCC(C3)C2)C2CC2)cc1. The fourth-order valence-corrected chi connectivity index (χ4v) is 4.47. The van der Waals surface area contributed by atoms with Gasteiger partial charge in [-0.2, -0.15) is 0 Å². The van der Waals surface area contributed by atoms with E-state index in [0.29, 0.717) is 0 Å². The molecule has 0 N–H and O–H groups in total. The van der Waals surface area contributed by atoms with Gasteiger partial charge in [-0.25, -0.2) is 0 Å². The number of fused-ring (bicyclic) bond motifs is 2. The number of benzene rings is 1. The quantitative estimate of drug-likeness (QED) is 0.788. The Morgan fingerprint density at radius 3 is 2.26 bits per heavy atom. The molecule has 0 radical (unpaired) electrons. The van der Waals surface area contributed by atoms with E-state index >= 15 is 0 Å².